The highest BCUT2D eigenvalue weighted by Crippen LogP contribution is 2.54. The summed E-state index contributed by atoms with van der Waals surface area (Å²) in [6.45, 7) is 12.7. The first-order valence-electron chi connectivity index (χ1n) is 17.9. The SMILES string of the molecule is CCOc1cc(Cl)c(S(=O)(=O)NC(C)(C)C)cc1C1=N[C@@](C)(c2ccc(Cl)cc2)[C@@](C)(c2ccc(Cl)cc2)N1C(=O)N1CCN(C2CCS(=O)(=O)C2)CC1. The number of ether oxygens (including phenoxy) is 1. The van der Waals surface area contributed by atoms with Crippen LogP contribution < -0.4 is 9.46 Å². The van der Waals surface area contributed by atoms with Crippen LogP contribution in [0.25, 0.3) is 0 Å². The van der Waals surface area contributed by atoms with E-state index in [-0.39, 0.29) is 57.3 Å². The van der Waals surface area contributed by atoms with Gasteiger partial charge in [0.2, 0.25) is 10.0 Å². The number of halogens is 3. The molecule has 0 radical (unpaired) electrons. The zero-order chi connectivity index (χ0) is 39.4. The third kappa shape index (κ3) is 7.74. The van der Waals surface area contributed by atoms with Crippen molar-refractivity contribution >= 4 is 66.5 Å². The lowest BCUT2D eigenvalue weighted by Crippen LogP contribution is -2.61. The van der Waals surface area contributed by atoms with Crippen LogP contribution in [0.1, 0.15) is 64.7 Å². The first-order chi connectivity index (χ1) is 25.2. The van der Waals surface area contributed by atoms with E-state index in [1.165, 1.54) is 12.1 Å². The Morgan fingerprint density at radius 3 is 2.04 bits per heavy atom. The number of sulfonamides is 1. The lowest BCUT2D eigenvalue weighted by molar-refractivity contribution is 0.0776. The van der Waals surface area contributed by atoms with Crippen LogP contribution in [0.5, 0.6) is 5.75 Å². The number of carbonyl (C=O) groups is 1. The molecule has 0 spiro atoms. The molecule has 0 bridgehead atoms. The average Bonchev–Trinajstić information content (AvgIpc) is 3.58. The number of aliphatic imine (C=N–C) groups is 1. The van der Waals surface area contributed by atoms with E-state index >= 15 is 4.79 Å². The van der Waals surface area contributed by atoms with Gasteiger partial charge in [-0.15, -0.1) is 0 Å². The molecule has 2 fully saturated rings. The number of amides is 2. The number of amidine groups is 1. The van der Waals surface area contributed by atoms with Crippen molar-refractivity contribution in [2.24, 2.45) is 4.99 Å². The van der Waals surface area contributed by atoms with Gasteiger partial charge >= 0.3 is 6.03 Å². The van der Waals surface area contributed by atoms with Gasteiger partial charge in [-0.1, -0.05) is 59.1 Å². The summed E-state index contributed by atoms with van der Waals surface area (Å²) >= 11 is 19.5. The minimum Gasteiger partial charge on any atom is -0.493 e. The van der Waals surface area contributed by atoms with E-state index < -0.39 is 36.5 Å². The summed E-state index contributed by atoms with van der Waals surface area (Å²) < 4.78 is 61.1. The van der Waals surface area contributed by atoms with Gasteiger partial charge in [0.1, 0.15) is 27.6 Å². The van der Waals surface area contributed by atoms with Gasteiger partial charge in [-0.3, -0.25) is 14.8 Å². The fraction of sp³-hybridized carbons (Fsp3) is 0.474. The Morgan fingerprint density at radius 1 is 0.944 bits per heavy atom. The number of sulfone groups is 1. The van der Waals surface area contributed by atoms with Crippen LogP contribution in [-0.4, -0.2) is 99.3 Å². The number of nitrogens with one attached hydrogen (secondary N) is 1. The first kappa shape index (κ1) is 40.7. The second-order valence-corrected chi connectivity index (χ2v) is 20.5. The molecule has 3 aromatic carbocycles. The van der Waals surface area contributed by atoms with Crippen molar-refractivity contribution in [2.45, 2.75) is 75.5 Å². The highest BCUT2D eigenvalue weighted by Gasteiger charge is 2.60. The Morgan fingerprint density at radius 2 is 1.52 bits per heavy atom. The standard InChI is InChI=1S/C38H46Cl3N5O6S2/c1-7-52-32-23-31(41)33(54(50,51)43-36(2,3)4)22-30(32)34-42-37(5,25-8-12-27(39)13-9-25)38(6,26-10-14-28(40)15-11-26)46(34)35(47)45-19-17-44(18-20-45)29-16-21-53(48,49)24-29/h8-15,22-23,29,43H,7,16-21,24H2,1-6H3/t29?,37-,38+/m0/s1. The first-order valence-corrected chi connectivity index (χ1v) is 22.3. The third-order valence-electron chi connectivity index (χ3n) is 10.6. The van der Waals surface area contributed by atoms with Crippen LogP contribution >= 0.6 is 34.8 Å². The fourth-order valence-electron chi connectivity index (χ4n) is 7.70. The third-order valence-corrected chi connectivity index (χ3v) is 15.0. The maximum absolute atomic E-state index is 15.4. The van der Waals surface area contributed by atoms with E-state index in [2.05, 4.69) is 9.62 Å². The minimum absolute atomic E-state index is 0.0543. The van der Waals surface area contributed by atoms with Gasteiger partial charge in [0.15, 0.2) is 9.84 Å². The van der Waals surface area contributed by atoms with E-state index in [4.69, 9.17) is 44.5 Å². The highest BCUT2D eigenvalue weighted by molar-refractivity contribution is 7.91. The molecule has 3 aromatic rings. The van der Waals surface area contributed by atoms with Gasteiger partial charge in [0, 0.05) is 53.9 Å². The largest absolute Gasteiger partial charge is 0.493 e. The van der Waals surface area contributed by atoms with Crippen LogP contribution in [-0.2, 0) is 30.9 Å². The second-order valence-electron chi connectivity index (χ2n) is 15.4. The smallest absolute Gasteiger partial charge is 0.326 e. The summed E-state index contributed by atoms with van der Waals surface area (Å²) in [5, 5.41) is 0.979. The second kappa shape index (κ2) is 14.9. The van der Waals surface area contributed by atoms with Gasteiger partial charge < -0.3 is 9.64 Å². The zero-order valence-corrected chi connectivity index (χ0v) is 35.1. The van der Waals surface area contributed by atoms with E-state index in [1.54, 1.807) is 61.8 Å². The molecule has 6 rings (SSSR count). The van der Waals surface area contributed by atoms with Crippen LogP contribution in [0.2, 0.25) is 15.1 Å². The molecule has 54 heavy (non-hydrogen) atoms. The number of hydrogen-bond donors (Lipinski definition) is 1. The maximum atomic E-state index is 15.4. The molecule has 11 nitrogen and oxygen atoms in total. The summed E-state index contributed by atoms with van der Waals surface area (Å²) in [6.07, 6.45) is 0.569. The topological polar surface area (TPSA) is 129 Å². The van der Waals surface area contributed by atoms with E-state index in [0.717, 1.165) is 11.1 Å². The van der Waals surface area contributed by atoms with Crippen LogP contribution in [0.4, 0.5) is 4.79 Å². The van der Waals surface area contributed by atoms with E-state index in [9.17, 15) is 16.8 Å². The Balaban J connectivity index is 1.56. The van der Waals surface area contributed by atoms with Gasteiger partial charge in [0.25, 0.3) is 0 Å². The van der Waals surface area contributed by atoms with Gasteiger partial charge in [0.05, 0.1) is 28.7 Å². The van der Waals surface area contributed by atoms with Gasteiger partial charge in [-0.25, -0.2) is 26.4 Å². The predicted octanol–water partition coefficient (Wildman–Crippen LogP) is 6.94. The predicted molar refractivity (Wildman–Crippen MR) is 214 cm³/mol. The lowest BCUT2D eigenvalue weighted by Gasteiger charge is -2.47. The number of nitrogens with zero attached hydrogens (tertiary/aromatic N) is 4. The van der Waals surface area contributed by atoms with Crippen molar-refractivity contribution in [3.8, 4) is 5.75 Å². The summed E-state index contributed by atoms with van der Waals surface area (Å²) in [6, 6.07) is 16.9. The molecule has 1 N–H and O–H groups in total. The normalized spacial score (nSPS) is 24.8. The molecule has 3 heterocycles. The Hall–Kier alpha value is -2.91. The molecule has 2 amide bonds. The Labute approximate surface area is 333 Å². The van der Waals surface area contributed by atoms with Crippen LogP contribution in [0.15, 0.2) is 70.6 Å². The fourth-order valence-corrected chi connectivity index (χ4v) is 11.7. The van der Waals surface area contributed by atoms with Crippen molar-refractivity contribution in [2.75, 3.05) is 44.3 Å². The molecule has 3 aliphatic rings. The molecule has 0 aliphatic carbocycles. The van der Waals surface area contributed by atoms with Crippen molar-refractivity contribution in [3.63, 3.8) is 0 Å². The molecule has 292 valence electrons. The highest BCUT2D eigenvalue weighted by atomic mass is 35.5. The molecule has 3 aliphatic heterocycles. The summed E-state index contributed by atoms with van der Waals surface area (Å²) in [4.78, 5) is 26.1. The minimum atomic E-state index is -4.17. The number of benzene rings is 3. The van der Waals surface area contributed by atoms with Crippen molar-refractivity contribution in [1.82, 2.24) is 19.4 Å². The van der Waals surface area contributed by atoms with Crippen LogP contribution in [0.3, 0.4) is 0 Å². The van der Waals surface area contributed by atoms with Gasteiger partial charge in [-0.05, 0) is 89.4 Å². The van der Waals surface area contributed by atoms with Crippen LogP contribution in [0, 0.1) is 0 Å². The zero-order valence-electron chi connectivity index (χ0n) is 31.2. The van der Waals surface area contributed by atoms with E-state index in [1.807, 2.05) is 38.1 Å². The molecular weight excluding hydrogens is 793 g/mol. The van der Waals surface area contributed by atoms with Crippen molar-refractivity contribution in [3.05, 3.63) is 92.4 Å². The van der Waals surface area contributed by atoms with Crippen molar-refractivity contribution in [1.29, 1.82) is 0 Å². The average molecular weight is 839 g/mol. The number of urea groups is 1. The summed E-state index contributed by atoms with van der Waals surface area (Å²) in [5.74, 6) is 0.718. The summed E-state index contributed by atoms with van der Waals surface area (Å²) in [7, 11) is -7.25. The molecule has 0 aromatic heterocycles. The number of hydrogen-bond acceptors (Lipinski definition) is 8. The van der Waals surface area contributed by atoms with Gasteiger partial charge in [-0.2, -0.15) is 0 Å². The number of carbonyl (C=O) groups excluding carboxylic acids is 1. The molecule has 0 saturated carbocycles. The Bertz CT molecular complexity index is 2170. The summed E-state index contributed by atoms with van der Waals surface area (Å²) in [5.41, 5.74) is -1.50. The maximum Gasteiger partial charge on any atom is 0.326 e. The molecular formula is C38H46Cl3N5O6S2. The van der Waals surface area contributed by atoms with E-state index in [0.29, 0.717) is 42.6 Å². The monoisotopic (exact) mass is 837 g/mol. The van der Waals surface area contributed by atoms with Crippen molar-refractivity contribution < 1.29 is 26.4 Å². The quantitative estimate of drug-likeness (QED) is 0.261. The number of rotatable bonds is 8. The molecule has 1 unspecified atom stereocenters. The lowest BCUT2D eigenvalue weighted by atomic mass is 9.71. The molecule has 3 atom stereocenters. The number of piperazine rings is 1. The molecule has 2 saturated heterocycles. The molecule has 16 heteroatoms. The Kier molecular flexibility index (Phi) is 11.2.